The number of thiophene rings is 1. The molecular weight excluding hydrogens is 270 g/mol. The second kappa shape index (κ2) is 6.31. The van der Waals surface area contributed by atoms with Crippen molar-refractivity contribution >= 4 is 17.2 Å². The van der Waals surface area contributed by atoms with E-state index in [0.29, 0.717) is 11.3 Å². The van der Waals surface area contributed by atoms with E-state index in [4.69, 9.17) is 5.26 Å². The largest absolute Gasteiger partial charge is 0.343 e. The summed E-state index contributed by atoms with van der Waals surface area (Å²) in [6.45, 7) is 4.13. The minimum Gasteiger partial charge on any atom is -0.343 e. The van der Waals surface area contributed by atoms with Gasteiger partial charge in [-0.25, -0.2) is 4.98 Å². The van der Waals surface area contributed by atoms with E-state index < -0.39 is 0 Å². The highest BCUT2D eigenvalue weighted by Gasteiger charge is 2.20. The Hall–Kier alpha value is -2.19. The number of carbonyl (C=O) groups is 1. The fraction of sp³-hybridized carbons (Fsp3) is 0.267. The molecule has 1 N–H and O–H groups in total. The van der Waals surface area contributed by atoms with Gasteiger partial charge in [0.05, 0.1) is 11.6 Å². The zero-order chi connectivity index (χ0) is 14.5. The molecule has 1 amide bonds. The van der Waals surface area contributed by atoms with Crippen LogP contribution < -0.4 is 5.32 Å². The highest BCUT2D eigenvalue weighted by atomic mass is 32.1. The van der Waals surface area contributed by atoms with Crippen LogP contribution in [0.4, 0.5) is 0 Å². The van der Waals surface area contributed by atoms with Gasteiger partial charge in [-0.15, -0.1) is 11.3 Å². The number of aromatic nitrogens is 1. The molecule has 2 aromatic rings. The number of carbonyl (C=O) groups excluding carboxylic acids is 1. The normalized spacial score (nSPS) is 11.9. The first kappa shape index (κ1) is 14.2. The molecule has 0 radical (unpaired) electrons. The molecule has 2 heterocycles. The van der Waals surface area contributed by atoms with Crippen LogP contribution in [0, 0.1) is 17.2 Å². The quantitative estimate of drug-likeness (QED) is 0.938. The molecule has 102 valence electrons. The van der Waals surface area contributed by atoms with Gasteiger partial charge in [-0.05, 0) is 29.5 Å². The van der Waals surface area contributed by atoms with Crippen molar-refractivity contribution in [3.63, 3.8) is 0 Å². The second-order valence-electron chi connectivity index (χ2n) is 4.75. The smallest absolute Gasteiger partial charge is 0.270 e. The highest BCUT2D eigenvalue weighted by Crippen LogP contribution is 2.25. The molecule has 4 nitrogen and oxygen atoms in total. The van der Waals surface area contributed by atoms with E-state index in [1.807, 2.05) is 23.6 Å². The van der Waals surface area contributed by atoms with Crippen molar-refractivity contribution in [2.24, 2.45) is 5.92 Å². The molecule has 0 saturated heterocycles. The molecule has 1 atom stereocenters. The molecule has 0 spiro atoms. The number of hydrogen-bond donors (Lipinski definition) is 1. The highest BCUT2D eigenvalue weighted by molar-refractivity contribution is 7.10. The summed E-state index contributed by atoms with van der Waals surface area (Å²) in [7, 11) is 0. The van der Waals surface area contributed by atoms with Gasteiger partial charge in [0.15, 0.2) is 0 Å². The first-order chi connectivity index (χ1) is 9.61. The molecule has 0 aliphatic heterocycles. The van der Waals surface area contributed by atoms with Crippen molar-refractivity contribution < 1.29 is 4.79 Å². The Bertz CT molecular complexity index is 612. The maximum atomic E-state index is 12.2. The Morgan fingerprint density at radius 2 is 2.20 bits per heavy atom. The van der Waals surface area contributed by atoms with Crippen molar-refractivity contribution in [3.8, 4) is 6.07 Å². The number of hydrogen-bond acceptors (Lipinski definition) is 4. The van der Waals surface area contributed by atoms with Gasteiger partial charge in [-0.2, -0.15) is 5.26 Å². The van der Waals surface area contributed by atoms with Crippen molar-refractivity contribution in [2.75, 3.05) is 0 Å². The molecular formula is C15H15N3OS. The number of pyridine rings is 1. The molecule has 0 bridgehead atoms. The van der Waals surface area contributed by atoms with Gasteiger partial charge >= 0.3 is 0 Å². The van der Waals surface area contributed by atoms with E-state index in [0.717, 1.165) is 4.88 Å². The fourth-order valence-electron chi connectivity index (χ4n) is 1.84. The van der Waals surface area contributed by atoms with Gasteiger partial charge in [0.25, 0.3) is 5.91 Å². The minimum atomic E-state index is -0.221. The second-order valence-corrected chi connectivity index (χ2v) is 5.73. The standard InChI is InChI=1S/C15H15N3OS/c1-10(2)14(13-4-3-7-20-13)18-15(19)12-6-5-11(8-16)9-17-12/h3-7,9-10,14H,1-2H3,(H,18,19). The fourth-order valence-corrected chi connectivity index (χ4v) is 2.79. The summed E-state index contributed by atoms with van der Waals surface area (Å²) >= 11 is 1.62. The molecule has 0 fully saturated rings. The predicted molar refractivity (Wildman–Crippen MR) is 78.3 cm³/mol. The van der Waals surface area contributed by atoms with Crippen molar-refractivity contribution in [2.45, 2.75) is 19.9 Å². The van der Waals surface area contributed by atoms with Crippen molar-refractivity contribution in [1.29, 1.82) is 5.26 Å². The van der Waals surface area contributed by atoms with Crippen LogP contribution in [0.15, 0.2) is 35.8 Å². The zero-order valence-corrected chi connectivity index (χ0v) is 12.1. The summed E-state index contributed by atoms with van der Waals surface area (Å²) in [6.07, 6.45) is 1.41. The topological polar surface area (TPSA) is 65.8 Å². The molecule has 0 saturated carbocycles. The minimum absolute atomic E-state index is 0.0278. The summed E-state index contributed by atoms with van der Waals surface area (Å²) in [5.41, 5.74) is 0.770. The maximum Gasteiger partial charge on any atom is 0.270 e. The van der Waals surface area contributed by atoms with Crippen LogP contribution in [-0.4, -0.2) is 10.9 Å². The third-order valence-corrected chi connectivity index (χ3v) is 3.88. The number of amides is 1. The number of nitriles is 1. The first-order valence-electron chi connectivity index (χ1n) is 6.32. The van der Waals surface area contributed by atoms with Crippen LogP contribution in [0.5, 0.6) is 0 Å². The predicted octanol–water partition coefficient (Wildman–Crippen LogP) is 3.14. The molecule has 0 aliphatic rings. The van der Waals surface area contributed by atoms with Gasteiger partial charge in [0.1, 0.15) is 11.8 Å². The lowest BCUT2D eigenvalue weighted by Crippen LogP contribution is -2.31. The lowest BCUT2D eigenvalue weighted by Gasteiger charge is -2.21. The Balaban J connectivity index is 2.14. The Labute approximate surface area is 122 Å². The van der Waals surface area contributed by atoms with Crippen LogP contribution in [0.3, 0.4) is 0 Å². The summed E-state index contributed by atoms with van der Waals surface area (Å²) in [5, 5.41) is 13.7. The van der Waals surface area contributed by atoms with Gasteiger partial charge in [0.2, 0.25) is 0 Å². The van der Waals surface area contributed by atoms with E-state index in [-0.39, 0.29) is 17.9 Å². The summed E-state index contributed by atoms with van der Waals surface area (Å²) in [6, 6.07) is 9.11. The van der Waals surface area contributed by atoms with Crippen molar-refractivity contribution in [3.05, 3.63) is 52.0 Å². The van der Waals surface area contributed by atoms with Gasteiger partial charge in [-0.1, -0.05) is 19.9 Å². The van der Waals surface area contributed by atoms with E-state index >= 15 is 0 Å². The molecule has 2 aromatic heterocycles. The monoisotopic (exact) mass is 285 g/mol. The van der Waals surface area contributed by atoms with E-state index in [9.17, 15) is 4.79 Å². The van der Waals surface area contributed by atoms with Crippen LogP contribution in [0.25, 0.3) is 0 Å². The molecule has 2 rings (SSSR count). The lowest BCUT2D eigenvalue weighted by atomic mass is 10.0. The Kier molecular flexibility index (Phi) is 4.49. The molecule has 1 unspecified atom stereocenters. The SMILES string of the molecule is CC(C)C(NC(=O)c1ccc(C#N)cn1)c1cccs1. The van der Waals surface area contributed by atoms with Crippen LogP contribution in [-0.2, 0) is 0 Å². The Morgan fingerprint density at radius 3 is 2.70 bits per heavy atom. The average Bonchev–Trinajstić information content (AvgIpc) is 2.98. The molecule has 0 aliphatic carbocycles. The number of nitrogens with zero attached hydrogens (tertiary/aromatic N) is 2. The first-order valence-corrected chi connectivity index (χ1v) is 7.20. The van der Waals surface area contributed by atoms with Crippen molar-refractivity contribution in [1.82, 2.24) is 10.3 Å². The molecule has 5 heteroatoms. The summed E-state index contributed by atoms with van der Waals surface area (Å²) in [4.78, 5) is 17.3. The third kappa shape index (κ3) is 3.22. The lowest BCUT2D eigenvalue weighted by molar-refractivity contribution is 0.0921. The average molecular weight is 285 g/mol. The van der Waals surface area contributed by atoms with Crippen LogP contribution >= 0.6 is 11.3 Å². The zero-order valence-electron chi connectivity index (χ0n) is 11.3. The number of nitrogens with one attached hydrogen (secondary N) is 1. The molecule has 0 aromatic carbocycles. The van der Waals surface area contributed by atoms with E-state index in [1.54, 1.807) is 23.5 Å². The summed E-state index contributed by atoms with van der Waals surface area (Å²) < 4.78 is 0. The van der Waals surface area contributed by atoms with E-state index in [2.05, 4.69) is 24.1 Å². The Morgan fingerprint density at radius 1 is 1.40 bits per heavy atom. The van der Waals surface area contributed by atoms with Gasteiger partial charge in [-0.3, -0.25) is 4.79 Å². The van der Waals surface area contributed by atoms with Crippen LogP contribution in [0.1, 0.15) is 40.8 Å². The molecule has 20 heavy (non-hydrogen) atoms. The number of rotatable bonds is 4. The maximum absolute atomic E-state index is 12.2. The van der Waals surface area contributed by atoms with Gasteiger partial charge < -0.3 is 5.32 Å². The van der Waals surface area contributed by atoms with Gasteiger partial charge in [0, 0.05) is 11.1 Å². The summed E-state index contributed by atoms with van der Waals surface area (Å²) in [5.74, 6) is 0.0672. The third-order valence-electron chi connectivity index (χ3n) is 2.93. The van der Waals surface area contributed by atoms with E-state index in [1.165, 1.54) is 6.20 Å². The van der Waals surface area contributed by atoms with Crippen LogP contribution in [0.2, 0.25) is 0 Å².